The lowest BCUT2D eigenvalue weighted by molar-refractivity contribution is -0.137. The molecule has 5 rings (SSSR count). The van der Waals surface area contributed by atoms with Gasteiger partial charge in [-0.1, -0.05) is 47.5 Å². The molecule has 280 valence electrons. The Labute approximate surface area is 311 Å². The number of ether oxygens (including phenoxy) is 3. The molecule has 3 atom stereocenters. The van der Waals surface area contributed by atoms with Crippen LogP contribution >= 0.6 is 23.2 Å². The second kappa shape index (κ2) is 17.9. The van der Waals surface area contributed by atoms with Gasteiger partial charge in [-0.3, -0.25) is 19.7 Å². The monoisotopic (exact) mass is 763 g/mol. The van der Waals surface area contributed by atoms with Crippen LogP contribution in [0.2, 0.25) is 10.0 Å². The smallest absolute Gasteiger partial charge is 0.416 e. The Kier molecular flexibility index (Phi) is 13.6. The van der Waals surface area contributed by atoms with Crippen molar-refractivity contribution in [3.8, 4) is 5.75 Å². The first kappa shape index (κ1) is 39.5. The number of rotatable bonds is 14. The minimum Gasteiger partial charge on any atom is -0.493 e. The largest absolute Gasteiger partial charge is 0.493 e. The average molecular weight is 765 g/mol. The molecule has 3 aromatic carbocycles. The van der Waals surface area contributed by atoms with Crippen LogP contribution in [0.3, 0.4) is 0 Å². The summed E-state index contributed by atoms with van der Waals surface area (Å²) in [7, 11) is 3.20. The van der Waals surface area contributed by atoms with E-state index in [-0.39, 0.29) is 36.8 Å². The Morgan fingerprint density at radius 1 is 0.923 bits per heavy atom. The molecule has 3 aromatic rings. The Hall–Kier alpha value is -3.72. The highest BCUT2D eigenvalue weighted by Gasteiger charge is 2.45. The van der Waals surface area contributed by atoms with E-state index in [4.69, 9.17) is 42.4 Å². The van der Waals surface area contributed by atoms with E-state index in [0.717, 1.165) is 24.0 Å². The van der Waals surface area contributed by atoms with E-state index in [9.17, 15) is 22.8 Å². The molecule has 0 saturated carbocycles. The minimum atomic E-state index is -4.61. The van der Waals surface area contributed by atoms with E-state index >= 15 is 0 Å². The van der Waals surface area contributed by atoms with Crippen LogP contribution in [0.1, 0.15) is 41.3 Å². The SMILES string of the molecule is CCOc1cc(C(F)(F)F)ccc1C1=NC(c2ccc(Cl)cc2)C(c2ccc(Cl)cc2)N1C(=O)N1CCN(C(C=O)N(CCOC)CCOC)CC1. The van der Waals surface area contributed by atoms with Gasteiger partial charge in [0.25, 0.3) is 0 Å². The number of hydrogen-bond acceptors (Lipinski definition) is 8. The molecule has 0 radical (unpaired) electrons. The van der Waals surface area contributed by atoms with Crippen LogP contribution in [0.4, 0.5) is 18.0 Å². The van der Waals surface area contributed by atoms with Gasteiger partial charge in [-0.05, 0) is 60.5 Å². The lowest BCUT2D eigenvalue weighted by Crippen LogP contribution is -2.60. The summed E-state index contributed by atoms with van der Waals surface area (Å²) in [5, 5.41) is 1.01. The van der Waals surface area contributed by atoms with Gasteiger partial charge in [0.05, 0.1) is 37.0 Å². The fraction of sp³-hybridized carbons (Fsp3) is 0.432. The van der Waals surface area contributed by atoms with Crippen LogP contribution in [0.15, 0.2) is 71.7 Å². The molecule has 3 unspecified atom stereocenters. The lowest BCUT2D eigenvalue weighted by Gasteiger charge is -2.43. The quantitative estimate of drug-likeness (QED) is 0.167. The number of methoxy groups -OCH3 is 2. The number of piperazine rings is 1. The van der Waals surface area contributed by atoms with Crippen LogP contribution in [-0.4, -0.2) is 117 Å². The van der Waals surface area contributed by atoms with Crippen molar-refractivity contribution < 1.29 is 37.0 Å². The molecule has 0 spiro atoms. The topological polar surface area (TPSA) is 87.2 Å². The molecule has 15 heteroatoms. The standard InChI is InChI=1S/C37H42Cl2F3N5O5/c1-4-52-31-23-27(37(40,41)42)9-14-30(31)35-43-33(25-5-10-28(38)11-6-25)34(26-7-12-29(39)13-8-26)47(35)36(49)46-17-15-44(16-18-46)32(24-48)45(19-21-50-2)20-22-51-3/h5-14,23-24,32-34H,4,15-22H2,1-3H3. The number of aliphatic imine (C=N–C) groups is 1. The highest BCUT2D eigenvalue weighted by atomic mass is 35.5. The molecule has 10 nitrogen and oxygen atoms in total. The van der Waals surface area contributed by atoms with Crippen molar-refractivity contribution in [1.29, 1.82) is 0 Å². The molecule has 2 amide bonds. The number of amidine groups is 1. The zero-order valence-electron chi connectivity index (χ0n) is 29.2. The van der Waals surface area contributed by atoms with Crippen LogP contribution in [0, 0.1) is 0 Å². The van der Waals surface area contributed by atoms with Gasteiger partial charge in [-0.2, -0.15) is 13.2 Å². The van der Waals surface area contributed by atoms with Crippen LogP contribution in [0.5, 0.6) is 5.75 Å². The van der Waals surface area contributed by atoms with Gasteiger partial charge in [-0.25, -0.2) is 4.79 Å². The summed E-state index contributed by atoms with van der Waals surface area (Å²) in [6, 6.07) is 15.6. The van der Waals surface area contributed by atoms with Crippen LogP contribution < -0.4 is 4.74 Å². The first-order chi connectivity index (χ1) is 25.0. The molecule has 0 N–H and O–H groups in total. The molecule has 1 fully saturated rings. The summed E-state index contributed by atoms with van der Waals surface area (Å²) in [4.78, 5) is 39.6. The number of carbonyl (C=O) groups is 2. The average Bonchev–Trinajstić information content (AvgIpc) is 3.53. The first-order valence-electron chi connectivity index (χ1n) is 16.9. The summed E-state index contributed by atoms with van der Waals surface area (Å²) in [5.41, 5.74) is 0.816. The van der Waals surface area contributed by atoms with Crippen molar-refractivity contribution >= 4 is 41.4 Å². The van der Waals surface area contributed by atoms with E-state index in [2.05, 4.69) is 0 Å². The van der Waals surface area contributed by atoms with Gasteiger partial charge < -0.3 is 23.9 Å². The summed E-state index contributed by atoms with van der Waals surface area (Å²) < 4.78 is 57.9. The Morgan fingerprint density at radius 2 is 1.50 bits per heavy atom. The fourth-order valence-corrected chi connectivity index (χ4v) is 6.79. The molecule has 0 aromatic heterocycles. The number of halogens is 5. The number of hydrogen-bond donors (Lipinski definition) is 0. The molecule has 52 heavy (non-hydrogen) atoms. The number of alkyl halides is 3. The predicted octanol–water partition coefficient (Wildman–Crippen LogP) is 6.81. The lowest BCUT2D eigenvalue weighted by atomic mass is 9.93. The number of benzene rings is 3. The third-order valence-corrected chi connectivity index (χ3v) is 9.67. The third kappa shape index (κ3) is 9.07. The highest BCUT2D eigenvalue weighted by Crippen LogP contribution is 2.46. The van der Waals surface area contributed by atoms with Crippen LogP contribution in [0.25, 0.3) is 0 Å². The van der Waals surface area contributed by atoms with Gasteiger partial charge in [-0.15, -0.1) is 0 Å². The maximum Gasteiger partial charge on any atom is 0.416 e. The molecular weight excluding hydrogens is 722 g/mol. The van der Waals surface area contributed by atoms with E-state index in [0.29, 0.717) is 55.0 Å². The van der Waals surface area contributed by atoms with E-state index in [1.807, 2.05) is 34.1 Å². The van der Waals surface area contributed by atoms with Gasteiger partial charge in [0, 0.05) is 63.5 Å². The molecule has 0 aliphatic carbocycles. The number of aldehydes is 1. The van der Waals surface area contributed by atoms with Gasteiger partial charge in [0.15, 0.2) is 6.29 Å². The zero-order valence-corrected chi connectivity index (χ0v) is 30.7. The summed E-state index contributed by atoms with van der Waals surface area (Å²) in [6.07, 6.45) is -4.28. The van der Waals surface area contributed by atoms with Crippen LogP contribution in [-0.2, 0) is 20.4 Å². The second-order valence-electron chi connectivity index (χ2n) is 12.3. The van der Waals surface area contributed by atoms with E-state index < -0.39 is 36.0 Å². The molecular formula is C37H42Cl2F3N5O5. The first-order valence-corrected chi connectivity index (χ1v) is 17.7. The van der Waals surface area contributed by atoms with Crippen molar-refractivity contribution in [2.24, 2.45) is 4.99 Å². The normalized spacial score (nSPS) is 18.8. The van der Waals surface area contributed by atoms with Gasteiger partial charge in [0.2, 0.25) is 0 Å². The van der Waals surface area contributed by atoms with Gasteiger partial charge in [0.1, 0.15) is 23.8 Å². The fourth-order valence-electron chi connectivity index (χ4n) is 6.54. The number of carbonyl (C=O) groups excluding carboxylic acids is 2. The summed E-state index contributed by atoms with van der Waals surface area (Å²) in [6.45, 7) is 4.98. The number of nitrogens with zero attached hydrogens (tertiary/aromatic N) is 5. The molecule has 2 aliphatic rings. The maximum absolute atomic E-state index is 14.9. The number of amides is 2. The molecule has 0 bridgehead atoms. The zero-order chi connectivity index (χ0) is 37.4. The minimum absolute atomic E-state index is 0.0497. The third-order valence-electron chi connectivity index (χ3n) is 9.17. The summed E-state index contributed by atoms with van der Waals surface area (Å²) in [5.74, 6) is 0.118. The van der Waals surface area contributed by atoms with Crippen molar-refractivity contribution in [2.75, 3.05) is 73.3 Å². The van der Waals surface area contributed by atoms with Crippen molar-refractivity contribution in [2.45, 2.75) is 31.3 Å². The maximum atomic E-state index is 14.9. The van der Waals surface area contributed by atoms with E-state index in [1.165, 1.54) is 6.07 Å². The van der Waals surface area contributed by atoms with Gasteiger partial charge >= 0.3 is 12.2 Å². The summed E-state index contributed by atoms with van der Waals surface area (Å²) >= 11 is 12.5. The molecule has 2 aliphatic heterocycles. The number of urea groups is 1. The van der Waals surface area contributed by atoms with Crippen molar-refractivity contribution in [3.05, 3.63) is 99.0 Å². The molecule has 2 heterocycles. The van der Waals surface area contributed by atoms with Crippen molar-refractivity contribution in [1.82, 2.24) is 19.6 Å². The van der Waals surface area contributed by atoms with Crippen molar-refractivity contribution in [3.63, 3.8) is 0 Å². The second-order valence-corrected chi connectivity index (χ2v) is 13.2. The Morgan fingerprint density at radius 3 is 2.02 bits per heavy atom. The highest BCUT2D eigenvalue weighted by molar-refractivity contribution is 6.30. The Bertz CT molecular complexity index is 1680. The predicted molar refractivity (Wildman–Crippen MR) is 193 cm³/mol. The Balaban J connectivity index is 1.55. The molecule has 1 saturated heterocycles. The van der Waals surface area contributed by atoms with E-state index in [1.54, 1.807) is 55.2 Å².